The molecule has 7 nitrogen and oxygen atoms in total. The molecule has 1 saturated heterocycles. The van der Waals surface area contributed by atoms with Crippen LogP contribution >= 0.6 is 23.2 Å². The second kappa shape index (κ2) is 10.7. The molecule has 9 heteroatoms. The Labute approximate surface area is 181 Å². The van der Waals surface area contributed by atoms with E-state index in [9.17, 15) is 0 Å². The average Bonchev–Trinajstić information content (AvgIpc) is 2.74. The summed E-state index contributed by atoms with van der Waals surface area (Å²) >= 11 is 12.0. The van der Waals surface area contributed by atoms with Crippen LogP contribution in [0.3, 0.4) is 0 Å². The molecule has 0 saturated carbocycles. The Morgan fingerprint density at radius 1 is 1.07 bits per heavy atom. The zero-order valence-electron chi connectivity index (χ0n) is 16.7. The smallest absolute Gasteiger partial charge is 0.321 e. The third-order valence-corrected chi connectivity index (χ3v) is 5.50. The maximum Gasteiger partial charge on any atom is 0.321 e. The minimum absolute atomic E-state index is 0.211. The van der Waals surface area contributed by atoms with Gasteiger partial charge in [0.2, 0.25) is 5.88 Å². The Bertz CT molecular complexity index is 779. The molecular weight excluding hydrogens is 415 g/mol. The number of nitrogens with zero attached hydrogens (tertiary/aromatic N) is 3. The van der Waals surface area contributed by atoms with E-state index in [2.05, 4.69) is 20.2 Å². The third kappa shape index (κ3) is 6.52. The number of aromatic nitrogens is 2. The highest BCUT2D eigenvalue weighted by Crippen LogP contribution is 2.28. The van der Waals surface area contributed by atoms with E-state index in [1.807, 2.05) is 6.07 Å². The largest absolute Gasteiger partial charge is 0.490 e. The Morgan fingerprint density at radius 3 is 2.55 bits per heavy atom. The number of piperidine rings is 1. The SMILES string of the molecule is COc1cc(NCCCN2CCC(Oc3ccc(Cl)c(Cl)c3)CC2)nc(OC)n1. The highest BCUT2D eigenvalue weighted by atomic mass is 35.5. The summed E-state index contributed by atoms with van der Waals surface area (Å²) in [5.41, 5.74) is 0. The molecule has 1 aromatic heterocycles. The molecule has 1 aliphatic heterocycles. The average molecular weight is 441 g/mol. The number of hydrogen-bond acceptors (Lipinski definition) is 7. The lowest BCUT2D eigenvalue weighted by molar-refractivity contribution is 0.100. The van der Waals surface area contributed by atoms with Crippen LogP contribution in [-0.4, -0.2) is 61.4 Å². The Morgan fingerprint density at radius 2 is 1.86 bits per heavy atom. The summed E-state index contributed by atoms with van der Waals surface area (Å²) in [5.74, 6) is 1.95. The summed E-state index contributed by atoms with van der Waals surface area (Å²) in [6.07, 6.45) is 3.21. The molecular formula is C20H26Cl2N4O3. The van der Waals surface area contributed by atoms with Gasteiger partial charge in [0.05, 0.1) is 24.3 Å². The van der Waals surface area contributed by atoms with Gasteiger partial charge in [-0.2, -0.15) is 9.97 Å². The number of methoxy groups -OCH3 is 2. The number of rotatable bonds is 9. The predicted molar refractivity (Wildman–Crippen MR) is 115 cm³/mol. The number of anilines is 1. The van der Waals surface area contributed by atoms with Gasteiger partial charge in [-0.3, -0.25) is 0 Å². The molecule has 3 rings (SSSR count). The van der Waals surface area contributed by atoms with Crippen LogP contribution in [0, 0.1) is 0 Å². The van der Waals surface area contributed by atoms with E-state index in [-0.39, 0.29) is 12.1 Å². The van der Waals surface area contributed by atoms with Crippen molar-refractivity contribution < 1.29 is 14.2 Å². The monoisotopic (exact) mass is 440 g/mol. The van der Waals surface area contributed by atoms with Gasteiger partial charge in [-0.1, -0.05) is 23.2 Å². The molecule has 158 valence electrons. The first-order valence-corrected chi connectivity index (χ1v) is 10.4. The molecule has 0 unspecified atom stereocenters. The first-order chi connectivity index (χ1) is 14.1. The highest BCUT2D eigenvalue weighted by Gasteiger charge is 2.20. The second-order valence-corrected chi connectivity index (χ2v) is 7.61. The number of ether oxygens (including phenoxy) is 3. The fraction of sp³-hybridized carbons (Fsp3) is 0.500. The van der Waals surface area contributed by atoms with Crippen molar-refractivity contribution in [1.29, 1.82) is 0 Å². The van der Waals surface area contributed by atoms with Crippen molar-refractivity contribution in [2.45, 2.75) is 25.4 Å². The lowest BCUT2D eigenvalue weighted by Crippen LogP contribution is -2.39. The third-order valence-electron chi connectivity index (χ3n) is 4.76. The van der Waals surface area contributed by atoms with Crippen LogP contribution in [0.4, 0.5) is 5.82 Å². The molecule has 1 N–H and O–H groups in total. The van der Waals surface area contributed by atoms with Crippen molar-refractivity contribution in [2.24, 2.45) is 0 Å². The molecule has 0 atom stereocenters. The van der Waals surface area contributed by atoms with Crippen LogP contribution in [-0.2, 0) is 0 Å². The zero-order valence-corrected chi connectivity index (χ0v) is 18.2. The van der Waals surface area contributed by atoms with Gasteiger partial charge in [-0.05, 0) is 37.9 Å². The topological polar surface area (TPSA) is 68.7 Å². The molecule has 1 aliphatic rings. The highest BCUT2D eigenvalue weighted by molar-refractivity contribution is 6.42. The van der Waals surface area contributed by atoms with Crippen molar-refractivity contribution in [3.63, 3.8) is 0 Å². The molecule has 1 aromatic carbocycles. The summed E-state index contributed by atoms with van der Waals surface area (Å²) in [7, 11) is 3.10. The standard InChI is InChI=1S/C20H26Cl2N4O3/c1-27-19-13-18(24-20(25-19)28-2)23-8-3-9-26-10-6-14(7-11-26)29-15-4-5-16(21)17(22)12-15/h4-5,12-14H,3,6-11H2,1-2H3,(H,23,24,25). The number of nitrogens with one attached hydrogen (secondary N) is 1. The molecule has 0 amide bonds. The number of hydrogen-bond donors (Lipinski definition) is 1. The van der Waals surface area contributed by atoms with Crippen LogP contribution in [0.25, 0.3) is 0 Å². The second-order valence-electron chi connectivity index (χ2n) is 6.80. The van der Waals surface area contributed by atoms with Crippen molar-refractivity contribution >= 4 is 29.0 Å². The van der Waals surface area contributed by atoms with Gasteiger partial charge in [-0.15, -0.1) is 0 Å². The van der Waals surface area contributed by atoms with Crippen LogP contribution in [0.15, 0.2) is 24.3 Å². The van der Waals surface area contributed by atoms with Crippen molar-refractivity contribution in [2.75, 3.05) is 45.7 Å². The molecule has 1 fully saturated rings. The fourth-order valence-electron chi connectivity index (χ4n) is 3.20. The summed E-state index contributed by atoms with van der Waals surface area (Å²) in [5, 5.41) is 4.36. The van der Waals surface area contributed by atoms with Gasteiger partial charge in [0, 0.05) is 31.8 Å². The molecule has 0 bridgehead atoms. The van der Waals surface area contributed by atoms with Crippen LogP contribution in [0.5, 0.6) is 17.6 Å². The van der Waals surface area contributed by atoms with Crippen LogP contribution in [0.1, 0.15) is 19.3 Å². The Kier molecular flexibility index (Phi) is 8.03. The molecule has 0 aliphatic carbocycles. The predicted octanol–water partition coefficient (Wildman–Crippen LogP) is 4.15. The molecule has 0 radical (unpaired) electrons. The molecule has 2 heterocycles. The summed E-state index contributed by atoms with van der Waals surface area (Å²) in [6, 6.07) is 7.46. The van der Waals surface area contributed by atoms with E-state index in [1.54, 1.807) is 25.3 Å². The maximum absolute atomic E-state index is 6.06. The van der Waals surface area contributed by atoms with E-state index >= 15 is 0 Å². The van der Waals surface area contributed by atoms with Gasteiger partial charge < -0.3 is 24.4 Å². The summed E-state index contributed by atoms with van der Waals surface area (Å²) < 4.78 is 16.3. The van der Waals surface area contributed by atoms with E-state index in [4.69, 9.17) is 37.4 Å². The van der Waals surface area contributed by atoms with Gasteiger partial charge in [0.25, 0.3) is 0 Å². The van der Waals surface area contributed by atoms with E-state index in [1.165, 1.54) is 7.11 Å². The van der Waals surface area contributed by atoms with Crippen molar-refractivity contribution in [3.05, 3.63) is 34.3 Å². The minimum atomic E-state index is 0.211. The molecule has 29 heavy (non-hydrogen) atoms. The van der Waals surface area contributed by atoms with E-state index in [0.717, 1.165) is 51.2 Å². The van der Waals surface area contributed by atoms with Gasteiger partial charge >= 0.3 is 6.01 Å². The first-order valence-electron chi connectivity index (χ1n) is 9.62. The quantitative estimate of drug-likeness (QED) is 0.587. The van der Waals surface area contributed by atoms with Crippen LogP contribution < -0.4 is 19.5 Å². The Balaban J connectivity index is 1.36. The maximum atomic E-state index is 6.06. The lowest BCUT2D eigenvalue weighted by Gasteiger charge is -2.32. The number of benzene rings is 1. The zero-order chi connectivity index (χ0) is 20.6. The van der Waals surface area contributed by atoms with E-state index in [0.29, 0.717) is 21.7 Å². The number of likely N-dealkylation sites (tertiary alicyclic amines) is 1. The summed E-state index contributed by atoms with van der Waals surface area (Å²) in [6.45, 7) is 3.86. The van der Waals surface area contributed by atoms with Crippen LogP contribution in [0.2, 0.25) is 10.0 Å². The van der Waals surface area contributed by atoms with Gasteiger partial charge in [0.1, 0.15) is 17.7 Å². The summed E-state index contributed by atoms with van der Waals surface area (Å²) in [4.78, 5) is 10.8. The van der Waals surface area contributed by atoms with Crippen molar-refractivity contribution in [3.8, 4) is 17.6 Å². The van der Waals surface area contributed by atoms with E-state index < -0.39 is 0 Å². The van der Waals surface area contributed by atoms with Gasteiger partial charge in [-0.25, -0.2) is 0 Å². The minimum Gasteiger partial charge on any atom is -0.490 e. The Hall–Kier alpha value is -1.96. The molecule has 0 spiro atoms. The van der Waals surface area contributed by atoms with Gasteiger partial charge in [0.15, 0.2) is 0 Å². The first kappa shape index (κ1) is 21.7. The normalized spacial score (nSPS) is 15.2. The molecule has 2 aromatic rings. The number of halogens is 2. The van der Waals surface area contributed by atoms with Crippen molar-refractivity contribution in [1.82, 2.24) is 14.9 Å². The fourth-order valence-corrected chi connectivity index (χ4v) is 3.49. The lowest BCUT2D eigenvalue weighted by atomic mass is 10.1.